The van der Waals surface area contributed by atoms with Crippen LogP contribution < -0.4 is 5.32 Å². The number of amides is 1. The van der Waals surface area contributed by atoms with Crippen molar-refractivity contribution in [2.75, 3.05) is 19.6 Å². The number of hydrogen-bond acceptors (Lipinski definition) is 5. The molecular weight excluding hydrogens is 392 g/mol. The van der Waals surface area contributed by atoms with E-state index in [1.54, 1.807) is 17.9 Å². The van der Waals surface area contributed by atoms with Gasteiger partial charge < -0.3 is 9.73 Å². The van der Waals surface area contributed by atoms with Crippen molar-refractivity contribution in [2.24, 2.45) is 0 Å². The average Bonchev–Trinajstić information content (AvgIpc) is 3.43. The summed E-state index contributed by atoms with van der Waals surface area (Å²) in [6.45, 7) is 5.80. The Labute approximate surface area is 182 Å². The van der Waals surface area contributed by atoms with Crippen molar-refractivity contribution in [3.63, 3.8) is 0 Å². The van der Waals surface area contributed by atoms with Crippen LogP contribution in [0.4, 0.5) is 0 Å². The summed E-state index contributed by atoms with van der Waals surface area (Å²) in [6.07, 6.45) is 5.11. The maximum Gasteiger partial charge on any atom is 0.292 e. The largest absolute Gasteiger partial charge is 0.468 e. The number of Topliss-reactive ketones (excluding diaryl/α,β-unsaturated/α-hetero) is 1. The second-order valence-corrected chi connectivity index (χ2v) is 7.96. The molecule has 1 aromatic carbocycles. The van der Waals surface area contributed by atoms with Gasteiger partial charge in [0.25, 0.3) is 11.7 Å². The highest BCUT2D eigenvalue weighted by molar-refractivity contribution is 6.43. The summed E-state index contributed by atoms with van der Waals surface area (Å²) in [7, 11) is 0. The minimum absolute atomic E-state index is 0.0821. The van der Waals surface area contributed by atoms with E-state index in [1.165, 1.54) is 6.42 Å². The molecule has 1 N–H and O–H groups in total. The number of benzene rings is 1. The van der Waals surface area contributed by atoms with Crippen molar-refractivity contribution in [3.8, 4) is 5.69 Å². The van der Waals surface area contributed by atoms with Gasteiger partial charge in [-0.3, -0.25) is 14.5 Å². The molecule has 162 valence electrons. The molecule has 0 saturated carbocycles. The van der Waals surface area contributed by atoms with Crippen LogP contribution in [-0.4, -0.2) is 46.0 Å². The molecule has 0 aliphatic carbocycles. The first-order valence-electron chi connectivity index (χ1n) is 10.8. The van der Waals surface area contributed by atoms with Crippen LogP contribution in [0, 0.1) is 13.8 Å². The number of aryl methyl sites for hydroxylation is 1. The first kappa shape index (κ1) is 21.1. The molecule has 0 bridgehead atoms. The highest BCUT2D eigenvalue weighted by Crippen LogP contribution is 2.25. The molecule has 4 rings (SSSR count). The zero-order valence-corrected chi connectivity index (χ0v) is 18.0. The van der Waals surface area contributed by atoms with Crippen LogP contribution >= 0.6 is 0 Å². The summed E-state index contributed by atoms with van der Waals surface area (Å²) >= 11 is 0. The number of hydrogen-bond donors (Lipinski definition) is 1. The molecule has 2 aromatic heterocycles. The van der Waals surface area contributed by atoms with E-state index in [0.717, 1.165) is 37.4 Å². The number of ketones is 1. The Kier molecular flexibility index (Phi) is 6.32. The van der Waals surface area contributed by atoms with E-state index in [-0.39, 0.29) is 6.04 Å². The second kappa shape index (κ2) is 9.31. The lowest BCUT2D eigenvalue weighted by Crippen LogP contribution is -2.42. The zero-order chi connectivity index (χ0) is 21.8. The summed E-state index contributed by atoms with van der Waals surface area (Å²) in [5.74, 6) is -0.375. The highest BCUT2D eigenvalue weighted by Gasteiger charge is 2.28. The van der Waals surface area contributed by atoms with E-state index in [4.69, 9.17) is 4.42 Å². The topological polar surface area (TPSA) is 80.4 Å². The number of piperidine rings is 1. The standard InChI is InChI=1S/C24H28N4O3/c1-17-22(18(2)28(26-17)19-10-5-3-6-11-19)23(29)24(30)25-16-20(21-12-9-15-31-21)27-13-7-4-8-14-27/h3,5-6,9-12,15,20H,4,7-8,13-14,16H2,1-2H3,(H,25,30)/t20-/m0/s1. The molecule has 1 saturated heterocycles. The van der Waals surface area contributed by atoms with Gasteiger partial charge in [0.1, 0.15) is 5.76 Å². The van der Waals surface area contributed by atoms with E-state index in [1.807, 2.05) is 49.4 Å². The number of carbonyl (C=O) groups is 2. The minimum atomic E-state index is -0.618. The van der Waals surface area contributed by atoms with Gasteiger partial charge in [0, 0.05) is 6.54 Å². The molecule has 1 fully saturated rings. The molecule has 1 atom stereocenters. The van der Waals surface area contributed by atoms with Gasteiger partial charge in [-0.15, -0.1) is 0 Å². The molecule has 0 unspecified atom stereocenters. The fraction of sp³-hybridized carbons (Fsp3) is 0.375. The molecule has 1 aliphatic rings. The molecule has 7 nitrogen and oxygen atoms in total. The van der Waals surface area contributed by atoms with Gasteiger partial charge in [-0.1, -0.05) is 24.6 Å². The van der Waals surface area contributed by atoms with Crippen molar-refractivity contribution < 1.29 is 14.0 Å². The Balaban J connectivity index is 1.49. The fourth-order valence-corrected chi connectivity index (χ4v) is 4.30. The van der Waals surface area contributed by atoms with Gasteiger partial charge in [0.2, 0.25) is 0 Å². The van der Waals surface area contributed by atoms with Crippen LogP contribution in [0.15, 0.2) is 53.1 Å². The molecule has 0 spiro atoms. The van der Waals surface area contributed by atoms with Crippen molar-refractivity contribution in [1.82, 2.24) is 20.0 Å². The monoisotopic (exact) mass is 420 g/mol. The predicted molar refractivity (Wildman–Crippen MR) is 117 cm³/mol. The van der Waals surface area contributed by atoms with Crippen LogP contribution in [0.3, 0.4) is 0 Å². The molecule has 0 radical (unpaired) electrons. The Morgan fingerprint density at radius 1 is 1.06 bits per heavy atom. The van der Waals surface area contributed by atoms with Crippen LogP contribution in [0.1, 0.15) is 52.8 Å². The van der Waals surface area contributed by atoms with E-state index < -0.39 is 11.7 Å². The van der Waals surface area contributed by atoms with E-state index >= 15 is 0 Å². The smallest absolute Gasteiger partial charge is 0.292 e. The van der Waals surface area contributed by atoms with Crippen LogP contribution in [0.2, 0.25) is 0 Å². The van der Waals surface area contributed by atoms with Crippen LogP contribution in [-0.2, 0) is 4.79 Å². The van der Waals surface area contributed by atoms with Crippen molar-refractivity contribution in [3.05, 3.63) is 71.4 Å². The normalized spacial score (nSPS) is 15.5. The number of rotatable bonds is 7. The van der Waals surface area contributed by atoms with E-state index in [9.17, 15) is 9.59 Å². The molecule has 7 heteroatoms. The Morgan fingerprint density at radius 2 is 1.81 bits per heavy atom. The summed E-state index contributed by atoms with van der Waals surface area (Å²) in [4.78, 5) is 28.1. The number of para-hydroxylation sites is 1. The minimum Gasteiger partial charge on any atom is -0.468 e. The number of aromatic nitrogens is 2. The number of furan rings is 1. The molecule has 1 amide bonds. The predicted octanol–water partition coefficient (Wildman–Crippen LogP) is 3.61. The van der Waals surface area contributed by atoms with Crippen LogP contribution in [0.5, 0.6) is 0 Å². The number of likely N-dealkylation sites (tertiary alicyclic amines) is 1. The SMILES string of the molecule is Cc1nn(-c2ccccc2)c(C)c1C(=O)C(=O)NC[C@@H](c1ccco1)N1CCCCC1. The first-order chi connectivity index (χ1) is 15.1. The van der Waals surface area contributed by atoms with Gasteiger partial charge >= 0.3 is 0 Å². The highest BCUT2D eigenvalue weighted by atomic mass is 16.3. The fourth-order valence-electron chi connectivity index (χ4n) is 4.30. The average molecular weight is 421 g/mol. The molecule has 3 heterocycles. The maximum atomic E-state index is 13.0. The number of nitrogens with zero attached hydrogens (tertiary/aromatic N) is 3. The molecule has 3 aromatic rings. The Bertz CT molecular complexity index is 1030. The molecule has 1 aliphatic heterocycles. The lowest BCUT2D eigenvalue weighted by Gasteiger charge is -2.33. The Morgan fingerprint density at radius 3 is 2.48 bits per heavy atom. The summed E-state index contributed by atoms with van der Waals surface area (Å²) in [5.41, 5.74) is 2.40. The summed E-state index contributed by atoms with van der Waals surface area (Å²) < 4.78 is 7.33. The van der Waals surface area contributed by atoms with Gasteiger partial charge in [0.05, 0.1) is 34.9 Å². The quantitative estimate of drug-likeness (QED) is 0.467. The maximum absolute atomic E-state index is 13.0. The summed E-state index contributed by atoms with van der Waals surface area (Å²) in [5, 5.41) is 7.33. The van der Waals surface area contributed by atoms with Gasteiger partial charge in [-0.2, -0.15) is 5.10 Å². The molecule has 31 heavy (non-hydrogen) atoms. The van der Waals surface area contributed by atoms with Crippen LogP contribution in [0.25, 0.3) is 5.69 Å². The first-order valence-corrected chi connectivity index (χ1v) is 10.8. The van der Waals surface area contributed by atoms with Crippen molar-refractivity contribution in [1.29, 1.82) is 0 Å². The van der Waals surface area contributed by atoms with Gasteiger partial charge in [-0.05, 0) is 64.0 Å². The number of carbonyl (C=O) groups excluding carboxylic acids is 2. The van der Waals surface area contributed by atoms with E-state index in [2.05, 4.69) is 15.3 Å². The Hall–Kier alpha value is -3.19. The third-order valence-corrected chi connectivity index (χ3v) is 5.88. The third-order valence-electron chi connectivity index (χ3n) is 5.88. The number of nitrogens with one attached hydrogen (secondary N) is 1. The lowest BCUT2D eigenvalue weighted by molar-refractivity contribution is -0.117. The van der Waals surface area contributed by atoms with Gasteiger partial charge in [-0.25, -0.2) is 4.68 Å². The zero-order valence-electron chi connectivity index (χ0n) is 18.0. The van der Waals surface area contributed by atoms with Gasteiger partial charge in [0.15, 0.2) is 0 Å². The molecular formula is C24H28N4O3. The lowest BCUT2D eigenvalue weighted by atomic mass is 10.1. The van der Waals surface area contributed by atoms with Crippen molar-refractivity contribution >= 4 is 11.7 Å². The van der Waals surface area contributed by atoms with Crippen molar-refractivity contribution in [2.45, 2.75) is 39.2 Å². The second-order valence-electron chi connectivity index (χ2n) is 7.96. The third kappa shape index (κ3) is 4.46. The summed E-state index contributed by atoms with van der Waals surface area (Å²) in [6, 6.07) is 13.3. The van der Waals surface area contributed by atoms with E-state index in [0.29, 0.717) is 23.5 Å².